The van der Waals surface area contributed by atoms with Gasteiger partial charge in [0.05, 0.1) is 18.6 Å². The zero-order valence-electron chi connectivity index (χ0n) is 15.7. The van der Waals surface area contributed by atoms with Gasteiger partial charge in [-0.15, -0.1) is 0 Å². The molecule has 0 bridgehead atoms. The highest BCUT2D eigenvalue weighted by Crippen LogP contribution is 2.29. The highest BCUT2D eigenvalue weighted by atomic mass is 32.2. The molecule has 1 aliphatic heterocycles. The topological polar surface area (TPSA) is 110 Å². The molecule has 9 heteroatoms. The lowest BCUT2D eigenvalue weighted by Gasteiger charge is -2.29. The predicted octanol–water partition coefficient (Wildman–Crippen LogP) is 1.23. The van der Waals surface area contributed by atoms with Crippen molar-refractivity contribution < 1.29 is 32.6 Å². The number of carbonyl (C=O) groups excluding carboxylic acids is 2. The number of hydrogen-bond donors (Lipinski definition) is 1. The second kappa shape index (κ2) is 8.60. The molecule has 150 valence electrons. The molecule has 1 aromatic rings. The summed E-state index contributed by atoms with van der Waals surface area (Å²) in [6.45, 7) is 3.69. The highest BCUT2D eigenvalue weighted by molar-refractivity contribution is 7.91. The van der Waals surface area contributed by atoms with Crippen LogP contribution in [0.25, 0.3) is 0 Å². The Morgan fingerprint density at radius 2 is 2.04 bits per heavy atom. The van der Waals surface area contributed by atoms with Gasteiger partial charge < -0.3 is 19.5 Å². The summed E-state index contributed by atoms with van der Waals surface area (Å²) in [4.78, 5) is 26.3. The van der Waals surface area contributed by atoms with Crippen LogP contribution in [0.15, 0.2) is 18.2 Å². The van der Waals surface area contributed by atoms with Crippen molar-refractivity contribution >= 4 is 21.7 Å². The molecule has 0 aromatic heterocycles. The first-order valence-corrected chi connectivity index (χ1v) is 10.5. The summed E-state index contributed by atoms with van der Waals surface area (Å²) in [5, 5.41) is 9.99. The quantitative estimate of drug-likeness (QED) is 0.687. The van der Waals surface area contributed by atoms with E-state index in [2.05, 4.69) is 0 Å². The van der Waals surface area contributed by atoms with Gasteiger partial charge in [0.2, 0.25) is 0 Å². The van der Waals surface area contributed by atoms with Crippen molar-refractivity contribution in [3.8, 4) is 11.5 Å². The summed E-state index contributed by atoms with van der Waals surface area (Å²) in [5.41, 5.74) is -0.110. The first kappa shape index (κ1) is 21.0. The molecule has 1 aliphatic rings. The molecule has 1 atom stereocenters. The maximum atomic E-state index is 12.6. The largest absolute Gasteiger partial charge is 0.504 e. The molecule has 0 aliphatic carbocycles. The molecule has 1 aromatic carbocycles. The molecular formula is C18H25NO7S. The summed E-state index contributed by atoms with van der Waals surface area (Å²) >= 11 is 0. The second-order valence-electron chi connectivity index (χ2n) is 6.93. The zero-order chi connectivity index (χ0) is 20.2. The Balaban J connectivity index is 2.06. The third-order valence-corrected chi connectivity index (χ3v) is 6.05. The van der Waals surface area contributed by atoms with Crippen molar-refractivity contribution in [3.63, 3.8) is 0 Å². The number of amides is 1. The Labute approximate surface area is 159 Å². The van der Waals surface area contributed by atoms with Crippen LogP contribution in [-0.4, -0.2) is 68.1 Å². The van der Waals surface area contributed by atoms with E-state index in [1.165, 1.54) is 30.2 Å². The monoisotopic (exact) mass is 399 g/mol. The molecule has 0 saturated carbocycles. The number of aromatic hydroxyl groups is 1. The van der Waals surface area contributed by atoms with Crippen molar-refractivity contribution in [2.24, 2.45) is 5.92 Å². The van der Waals surface area contributed by atoms with Gasteiger partial charge in [-0.25, -0.2) is 13.2 Å². The molecule has 0 unspecified atom stereocenters. The number of ether oxygens (including phenoxy) is 2. The van der Waals surface area contributed by atoms with Gasteiger partial charge in [0.15, 0.2) is 27.9 Å². The second-order valence-corrected chi connectivity index (χ2v) is 9.16. The maximum absolute atomic E-state index is 12.6. The maximum Gasteiger partial charge on any atom is 0.342 e. The van der Waals surface area contributed by atoms with Gasteiger partial charge in [-0.2, -0.15) is 0 Å². The number of hydrogen-bond acceptors (Lipinski definition) is 7. The summed E-state index contributed by atoms with van der Waals surface area (Å²) in [5.74, 6) is -1.44. The van der Waals surface area contributed by atoms with Crippen LogP contribution in [0, 0.1) is 5.92 Å². The number of carbonyl (C=O) groups is 2. The van der Waals surface area contributed by atoms with Crippen LogP contribution in [-0.2, 0) is 19.4 Å². The number of phenolic OH excluding ortho intramolecular Hbond substituents is 1. The number of esters is 1. The highest BCUT2D eigenvalue weighted by Gasteiger charge is 2.35. The Hall–Kier alpha value is -2.29. The molecule has 0 radical (unpaired) electrons. The Bertz CT molecular complexity index is 804. The first-order valence-electron chi connectivity index (χ1n) is 8.67. The number of sulfone groups is 1. The molecular weight excluding hydrogens is 374 g/mol. The summed E-state index contributed by atoms with van der Waals surface area (Å²) < 4.78 is 33.5. The SMILES string of the molecule is COc1cccc(C(=O)OCC(=O)N(CC(C)C)[C@@H]2CCS(=O)(=O)C2)c1O. The molecule has 2 rings (SSSR count). The van der Waals surface area contributed by atoms with E-state index in [0.29, 0.717) is 13.0 Å². The molecule has 1 heterocycles. The molecule has 27 heavy (non-hydrogen) atoms. The van der Waals surface area contributed by atoms with Crippen molar-refractivity contribution in [3.05, 3.63) is 23.8 Å². The van der Waals surface area contributed by atoms with E-state index in [9.17, 15) is 23.1 Å². The number of para-hydroxylation sites is 1. The fourth-order valence-corrected chi connectivity index (χ4v) is 4.74. The summed E-state index contributed by atoms with van der Waals surface area (Å²) in [6.07, 6.45) is 0.380. The van der Waals surface area contributed by atoms with Crippen molar-refractivity contribution in [2.75, 3.05) is 31.8 Å². The number of methoxy groups -OCH3 is 1. The van der Waals surface area contributed by atoms with E-state index in [-0.39, 0.29) is 34.5 Å². The third-order valence-electron chi connectivity index (χ3n) is 4.30. The van der Waals surface area contributed by atoms with E-state index in [1.54, 1.807) is 0 Å². The van der Waals surface area contributed by atoms with E-state index in [0.717, 1.165) is 0 Å². The summed E-state index contributed by atoms with van der Waals surface area (Å²) in [7, 11) is -1.79. The van der Waals surface area contributed by atoms with Gasteiger partial charge in [0.25, 0.3) is 5.91 Å². The Morgan fingerprint density at radius 1 is 1.33 bits per heavy atom. The molecule has 1 saturated heterocycles. The van der Waals surface area contributed by atoms with E-state index < -0.39 is 34.4 Å². The number of nitrogens with zero attached hydrogens (tertiary/aromatic N) is 1. The lowest BCUT2D eigenvalue weighted by molar-refractivity contribution is -0.137. The summed E-state index contributed by atoms with van der Waals surface area (Å²) in [6, 6.07) is 3.96. The third kappa shape index (κ3) is 5.35. The van der Waals surface area contributed by atoms with Gasteiger partial charge in [-0.3, -0.25) is 4.79 Å². The van der Waals surface area contributed by atoms with Crippen LogP contribution in [0.2, 0.25) is 0 Å². The Kier molecular flexibility index (Phi) is 6.69. The number of phenols is 1. The van der Waals surface area contributed by atoms with Crippen LogP contribution >= 0.6 is 0 Å². The van der Waals surface area contributed by atoms with Crippen LogP contribution in [0.5, 0.6) is 11.5 Å². The molecule has 0 spiro atoms. The van der Waals surface area contributed by atoms with Crippen LogP contribution in [0.4, 0.5) is 0 Å². The van der Waals surface area contributed by atoms with Crippen LogP contribution in [0.1, 0.15) is 30.6 Å². The fourth-order valence-electron chi connectivity index (χ4n) is 3.01. The van der Waals surface area contributed by atoms with E-state index >= 15 is 0 Å². The van der Waals surface area contributed by atoms with E-state index in [1.807, 2.05) is 13.8 Å². The standard InChI is InChI=1S/C18H25NO7S/c1-12(2)9-19(13-7-8-27(23,24)11-13)16(20)10-26-18(22)14-5-4-6-15(25-3)17(14)21/h4-6,12-13,21H,7-11H2,1-3H3/t13-/m1/s1. The number of rotatable bonds is 7. The van der Waals surface area contributed by atoms with Gasteiger partial charge in [-0.1, -0.05) is 19.9 Å². The molecule has 8 nitrogen and oxygen atoms in total. The van der Waals surface area contributed by atoms with Gasteiger partial charge in [0.1, 0.15) is 5.56 Å². The van der Waals surface area contributed by atoms with Crippen molar-refractivity contribution in [1.82, 2.24) is 4.90 Å². The van der Waals surface area contributed by atoms with Gasteiger partial charge >= 0.3 is 5.97 Å². The molecule has 1 N–H and O–H groups in total. The first-order chi connectivity index (χ1) is 12.6. The van der Waals surface area contributed by atoms with Crippen LogP contribution in [0.3, 0.4) is 0 Å². The van der Waals surface area contributed by atoms with Crippen molar-refractivity contribution in [2.45, 2.75) is 26.3 Å². The van der Waals surface area contributed by atoms with Crippen molar-refractivity contribution in [1.29, 1.82) is 0 Å². The number of benzene rings is 1. The molecule has 1 fully saturated rings. The minimum atomic E-state index is -3.15. The lowest BCUT2D eigenvalue weighted by atomic mass is 10.1. The zero-order valence-corrected chi connectivity index (χ0v) is 16.5. The fraction of sp³-hybridized carbons (Fsp3) is 0.556. The minimum absolute atomic E-state index is 0.0526. The predicted molar refractivity (Wildman–Crippen MR) is 98.6 cm³/mol. The minimum Gasteiger partial charge on any atom is -0.504 e. The van der Waals surface area contributed by atoms with Gasteiger partial charge in [0, 0.05) is 12.6 Å². The van der Waals surface area contributed by atoms with Crippen LogP contribution < -0.4 is 4.74 Å². The smallest absolute Gasteiger partial charge is 0.342 e. The molecule has 1 amide bonds. The normalized spacial score (nSPS) is 18.3. The average Bonchev–Trinajstić information content (AvgIpc) is 2.97. The lowest BCUT2D eigenvalue weighted by Crippen LogP contribution is -2.45. The Morgan fingerprint density at radius 3 is 2.59 bits per heavy atom. The van der Waals surface area contributed by atoms with Gasteiger partial charge in [-0.05, 0) is 24.5 Å². The average molecular weight is 399 g/mol. The van der Waals surface area contributed by atoms with E-state index in [4.69, 9.17) is 9.47 Å².